The average molecular weight is 283 g/mol. The highest BCUT2D eigenvalue weighted by molar-refractivity contribution is 6.05. The summed E-state index contributed by atoms with van der Waals surface area (Å²) in [6.07, 6.45) is 0.963. The number of rotatable bonds is 2. The Bertz CT molecular complexity index is 788. The summed E-state index contributed by atoms with van der Waals surface area (Å²) in [4.78, 5) is 0. The summed E-state index contributed by atoms with van der Waals surface area (Å²) in [5.74, 6) is 0.0311. The molecule has 0 aliphatic heterocycles. The van der Waals surface area contributed by atoms with Gasteiger partial charge in [-0.2, -0.15) is 0 Å². The van der Waals surface area contributed by atoms with Crippen molar-refractivity contribution in [2.24, 2.45) is 0 Å². The van der Waals surface area contributed by atoms with Gasteiger partial charge in [0, 0.05) is 0 Å². The Kier molecular flexibility index (Phi) is 3.12. The Morgan fingerprint density at radius 3 is 1.77 bits per heavy atom. The second-order valence-corrected chi connectivity index (χ2v) is 5.79. The molecule has 0 saturated carbocycles. The summed E-state index contributed by atoms with van der Waals surface area (Å²) in [5.41, 5.74) is 6.91. The number of hydrogen-bond donors (Lipinski definition) is 1. The molecule has 1 nitrogen and oxygen atoms in total. The van der Waals surface area contributed by atoms with Gasteiger partial charge in [0.1, 0.15) is 0 Å². The minimum atomic E-state index is 0.0311. The maximum atomic E-state index is 8.79. The number of hydrogen-bond acceptors (Lipinski definition) is 1. The highest BCUT2D eigenvalue weighted by Gasteiger charge is 2.28. The first-order valence-electron chi connectivity index (χ1n) is 7.64. The summed E-state index contributed by atoms with van der Waals surface area (Å²) in [6, 6.07) is 27.1. The van der Waals surface area contributed by atoms with Gasteiger partial charge < -0.3 is 5.41 Å². The Labute approximate surface area is 130 Å². The topological polar surface area (TPSA) is 23.9 Å². The molecule has 0 saturated heterocycles. The molecule has 1 aliphatic rings. The number of nitrogens with one attached hydrogen (secondary N) is 1. The standard InChI is InChI=1S/C21H17N/c22-21(15-8-2-1-3-9-15)20-18-12-6-4-10-16(18)14-17-11-5-7-13-19(17)20/h1-13,20,22H,14H2. The molecular formula is C21H17N. The van der Waals surface area contributed by atoms with Crippen LogP contribution < -0.4 is 0 Å². The van der Waals surface area contributed by atoms with E-state index in [1.807, 2.05) is 30.3 Å². The molecular weight excluding hydrogens is 266 g/mol. The van der Waals surface area contributed by atoms with E-state index < -0.39 is 0 Å². The van der Waals surface area contributed by atoms with E-state index >= 15 is 0 Å². The van der Waals surface area contributed by atoms with Crippen molar-refractivity contribution in [2.45, 2.75) is 12.3 Å². The van der Waals surface area contributed by atoms with Gasteiger partial charge in [-0.15, -0.1) is 0 Å². The van der Waals surface area contributed by atoms with E-state index in [-0.39, 0.29) is 5.92 Å². The molecule has 3 aromatic carbocycles. The fourth-order valence-electron chi connectivity index (χ4n) is 3.42. The largest absolute Gasteiger partial charge is 0.304 e. The van der Waals surface area contributed by atoms with Crippen LogP contribution in [0.25, 0.3) is 0 Å². The second kappa shape index (κ2) is 5.27. The van der Waals surface area contributed by atoms with E-state index in [0.717, 1.165) is 12.0 Å². The van der Waals surface area contributed by atoms with Gasteiger partial charge in [-0.1, -0.05) is 78.9 Å². The monoisotopic (exact) mass is 283 g/mol. The summed E-state index contributed by atoms with van der Waals surface area (Å²) in [7, 11) is 0. The molecule has 0 atom stereocenters. The van der Waals surface area contributed by atoms with Crippen molar-refractivity contribution in [2.75, 3.05) is 0 Å². The molecule has 106 valence electrons. The molecule has 0 aromatic heterocycles. The van der Waals surface area contributed by atoms with Gasteiger partial charge in [-0.05, 0) is 34.2 Å². The molecule has 0 spiro atoms. The van der Waals surface area contributed by atoms with Crippen molar-refractivity contribution in [1.29, 1.82) is 5.41 Å². The summed E-state index contributed by atoms with van der Waals surface area (Å²) >= 11 is 0. The summed E-state index contributed by atoms with van der Waals surface area (Å²) < 4.78 is 0. The fraction of sp³-hybridized carbons (Fsp3) is 0.0952. The zero-order valence-electron chi connectivity index (χ0n) is 12.3. The van der Waals surface area contributed by atoms with E-state index in [1.54, 1.807) is 0 Å². The lowest BCUT2D eigenvalue weighted by molar-refractivity contribution is 0.939. The third kappa shape index (κ3) is 2.06. The van der Waals surface area contributed by atoms with Gasteiger partial charge in [0.05, 0.1) is 11.6 Å². The van der Waals surface area contributed by atoms with Gasteiger partial charge in [0.25, 0.3) is 0 Å². The van der Waals surface area contributed by atoms with Gasteiger partial charge in [0.15, 0.2) is 0 Å². The lowest BCUT2D eigenvalue weighted by Gasteiger charge is -2.29. The van der Waals surface area contributed by atoms with Crippen molar-refractivity contribution in [3.05, 3.63) is 107 Å². The maximum absolute atomic E-state index is 8.79. The molecule has 22 heavy (non-hydrogen) atoms. The molecule has 0 amide bonds. The fourth-order valence-corrected chi connectivity index (χ4v) is 3.42. The highest BCUT2D eigenvalue weighted by Crippen LogP contribution is 2.38. The van der Waals surface area contributed by atoms with Crippen molar-refractivity contribution < 1.29 is 0 Å². The number of fused-ring (bicyclic) bond motifs is 2. The SMILES string of the molecule is N=C(c1ccccc1)C1c2ccccc2Cc2ccccc21. The van der Waals surface area contributed by atoms with Gasteiger partial charge in [0.2, 0.25) is 0 Å². The Balaban J connectivity index is 1.90. The predicted octanol–water partition coefficient (Wildman–Crippen LogP) is 4.79. The zero-order chi connectivity index (χ0) is 14.9. The molecule has 0 unspecified atom stereocenters. The highest BCUT2D eigenvalue weighted by atomic mass is 14.5. The van der Waals surface area contributed by atoms with Crippen LogP contribution in [0.1, 0.15) is 33.7 Å². The van der Waals surface area contributed by atoms with Crippen LogP contribution in [0.4, 0.5) is 0 Å². The third-order valence-corrected chi connectivity index (χ3v) is 4.49. The lowest BCUT2D eigenvalue weighted by Crippen LogP contribution is -2.21. The van der Waals surface area contributed by atoms with E-state index in [0.29, 0.717) is 5.71 Å². The van der Waals surface area contributed by atoms with Crippen LogP contribution in [-0.4, -0.2) is 5.71 Å². The molecule has 0 heterocycles. The maximum Gasteiger partial charge on any atom is 0.0517 e. The summed E-state index contributed by atoms with van der Waals surface area (Å²) in [5, 5.41) is 8.79. The Hall–Kier alpha value is -2.67. The molecule has 1 N–H and O–H groups in total. The molecule has 1 aliphatic carbocycles. The van der Waals surface area contributed by atoms with Crippen molar-refractivity contribution in [3.63, 3.8) is 0 Å². The predicted molar refractivity (Wildman–Crippen MR) is 90.8 cm³/mol. The normalized spacial score (nSPS) is 13.3. The van der Waals surface area contributed by atoms with Crippen LogP contribution in [-0.2, 0) is 6.42 Å². The molecule has 0 radical (unpaired) electrons. The van der Waals surface area contributed by atoms with Crippen LogP contribution in [0, 0.1) is 5.41 Å². The van der Waals surface area contributed by atoms with Crippen molar-refractivity contribution in [1.82, 2.24) is 0 Å². The van der Waals surface area contributed by atoms with E-state index in [9.17, 15) is 0 Å². The molecule has 0 bridgehead atoms. The van der Waals surface area contributed by atoms with Crippen LogP contribution in [0.5, 0.6) is 0 Å². The van der Waals surface area contributed by atoms with Crippen LogP contribution in [0.3, 0.4) is 0 Å². The van der Waals surface area contributed by atoms with E-state index in [4.69, 9.17) is 5.41 Å². The minimum Gasteiger partial charge on any atom is -0.304 e. The van der Waals surface area contributed by atoms with Crippen LogP contribution in [0.2, 0.25) is 0 Å². The lowest BCUT2D eigenvalue weighted by atomic mass is 9.74. The third-order valence-electron chi connectivity index (χ3n) is 4.49. The van der Waals surface area contributed by atoms with Crippen LogP contribution in [0.15, 0.2) is 78.9 Å². The van der Waals surface area contributed by atoms with Gasteiger partial charge in [-0.3, -0.25) is 0 Å². The molecule has 3 aromatic rings. The molecule has 1 heteroatoms. The van der Waals surface area contributed by atoms with Crippen LogP contribution >= 0.6 is 0 Å². The Morgan fingerprint density at radius 1 is 0.682 bits per heavy atom. The van der Waals surface area contributed by atoms with Gasteiger partial charge in [-0.25, -0.2) is 0 Å². The first kappa shape index (κ1) is 13.0. The summed E-state index contributed by atoms with van der Waals surface area (Å²) in [6.45, 7) is 0. The zero-order valence-corrected chi connectivity index (χ0v) is 12.3. The number of benzene rings is 3. The first-order valence-corrected chi connectivity index (χ1v) is 7.64. The van der Waals surface area contributed by atoms with Gasteiger partial charge >= 0.3 is 0 Å². The van der Waals surface area contributed by atoms with Crippen molar-refractivity contribution in [3.8, 4) is 0 Å². The second-order valence-electron chi connectivity index (χ2n) is 5.79. The van der Waals surface area contributed by atoms with E-state index in [1.165, 1.54) is 22.3 Å². The molecule has 4 rings (SSSR count). The quantitative estimate of drug-likeness (QED) is 0.654. The smallest absolute Gasteiger partial charge is 0.0517 e. The molecule has 0 fully saturated rings. The first-order chi connectivity index (χ1) is 10.8. The minimum absolute atomic E-state index is 0.0311. The van der Waals surface area contributed by atoms with Crippen molar-refractivity contribution >= 4 is 5.71 Å². The van der Waals surface area contributed by atoms with E-state index in [2.05, 4.69) is 48.5 Å². The Morgan fingerprint density at radius 2 is 1.18 bits per heavy atom. The average Bonchev–Trinajstić information content (AvgIpc) is 2.60.